The first-order valence-electron chi connectivity index (χ1n) is 5.77. The minimum Gasteiger partial charge on any atom is -0.369 e. The first-order chi connectivity index (χ1) is 8.73. The summed E-state index contributed by atoms with van der Waals surface area (Å²) in [5, 5.41) is 2.53. The molecule has 19 heavy (non-hydrogen) atoms. The van der Waals surface area contributed by atoms with Crippen LogP contribution < -0.4 is 5.32 Å². The summed E-state index contributed by atoms with van der Waals surface area (Å²) >= 11 is 0. The summed E-state index contributed by atoms with van der Waals surface area (Å²) in [6.07, 6.45) is -3.93. The first kappa shape index (κ1) is 15.5. The van der Waals surface area contributed by atoms with Crippen molar-refractivity contribution in [3.63, 3.8) is 0 Å². The van der Waals surface area contributed by atoms with Gasteiger partial charge in [0.05, 0.1) is 5.56 Å². The third-order valence-corrected chi connectivity index (χ3v) is 3.08. The minimum absolute atomic E-state index is 0.301. The molecule has 1 aromatic rings. The van der Waals surface area contributed by atoms with E-state index in [0.29, 0.717) is 12.1 Å². The Morgan fingerprint density at radius 1 is 1.26 bits per heavy atom. The van der Waals surface area contributed by atoms with E-state index in [1.54, 1.807) is 13.8 Å². The fourth-order valence-electron chi connectivity index (χ4n) is 1.40. The van der Waals surface area contributed by atoms with Crippen LogP contribution in [0.2, 0.25) is 0 Å². The van der Waals surface area contributed by atoms with Gasteiger partial charge in [-0.1, -0.05) is 6.92 Å². The molecule has 1 N–H and O–H groups in total. The molecule has 0 saturated carbocycles. The largest absolute Gasteiger partial charge is 0.416 e. The van der Waals surface area contributed by atoms with Crippen LogP contribution in [0.1, 0.15) is 25.8 Å². The number of carbonyl (C=O) groups is 1. The van der Waals surface area contributed by atoms with Crippen LogP contribution in [0.15, 0.2) is 24.3 Å². The van der Waals surface area contributed by atoms with Crippen LogP contribution in [0.25, 0.3) is 0 Å². The van der Waals surface area contributed by atoms with Crippen LogP contribution in [0.4, 0.5) is 18.9 Å². The number of alkyl halides is 3. The maximum atomic E-state index is 12.4. The number of hydrogen-bond acceptors (Lipinski definition) is 2. The SMILES string of the molecule is CCC(C)(OC)C(=O)Nc1ccc(C(F)(F)F)cc1. The Morgan fingerprint density at radius 3 is 2.16 bits per heavy atom. The zero-order chi connectivity index (χ0) is 14.7. The molecule has 0 aliphatic carbocycles. The van der Waals surface area contributed by atoms with Crippen molar-refractivity contribution < 1.29 is 22.7 Å². The fourth-order valence-corrected chi connectivity index (χ4v) is 1.40. The number of anilines is 1. The van der Waals surface area contributed by atoms with Crippen LogP contribution in [0, 0.1) is 0 Å². The molecule has 0 bridgehead atoms. The van der Waals surface area contributed by atoms with Gasteiger partial charge in [0.2, 0.25) is 0 Å². The van der Waals surface area contributed by atoms with Crippen LogP contribution >= 0.6 is 0 Å². The average molecular weight is 275 g/mol. The molecule has 3 nitrogen and oxygen atoms in total. The highest BCUT2D eigenvalue weighted by Crippen LogP contribution is 2.30. The number of ether oxygens (including phenoxy) is 1. The molecule has 1 amide bonds. The maximum Gasteiger partial charge on any atom is 0.416 e. The Hall–Kier alpha value is -1.56. The van der Waals surface area contributed by atoms with Gasteiger partial charge >= 0.3 is 6.18 Å². The zero-order valence-electron chi connectivity index (χ0n) is 11.0. The summed E-state index contributed by atoms with van der Waals surface area (Å²) in [5.41, 5.74) is -1.45. The lowest BCUT2D eigenvalue weighted by Gasteiger charge is -2.25. The third kappa shape index (κ3) is 3.70. The summed E-state index contributed by atoms with van der Waals surface area (Å²) < 4.78 is 42.2. The van der Waals surface area contributed by atoms with Crippen LogP contribution in [-0.2, 0) is 15.7 Å². The number of hydrogen-bond donors (Lipinski definition) is 1. The van der Waals surface area contributed by atoms with Gasteiger partial charge in [0, 0.05) is 12.8 Å². The van der Waals surface area contributed by atoms with Gasteiger partial charge in [0.1, 0.15) is 5.60 Å². The second kappa shape index (κ2) is 5.61. The molecule has 0 saturated heterocycles. The molecular weight excluding hydrogens is 259 g/mol. The van der Waals surface area contributed by atoms with E-state index in [2.05, 4.69) is 5.32 Å². The third-order valence-electron chi connectivity index (χ3n) is 3.08. The molecule has 1 aromatic carbocycles. The Balaban J connectivity index is 2.82. The van der Waals surface area contributed by atoms with E-state index >= 15 is 0 Å². The maximum absolute atomic E-state index is 12.4. The monoisotopic (exact) mass is 275 g/mol. The molecule has 0 spiro atoms. The van der Waals surface area contributed by atoms with Crippen LogP contribution in [0.5, 0.6) is 0 Å². The first-order valence-corrected chi connectivity index (χ1v) is 5.77. The van der Waals surface area contributed by atoms with Gasteiger partial charge in [0.25, 0.3) is 5.91 Å². The smallest absolute Gasteiger partial charge is 0.369 e. The Labute approximate surface area is 109 Å². The molecule has 6 heteroatoms. The molecule has 0 aliphatic heterocycles. The number of benzene rings is 1. The van der Waals surface area contributed by atoms with Gasteiger partial charge in [-0.3, -0.25) is 4.79 Å². The highest BCUT2D eigenvalue weighted by Gasteiger charge is 2.32. The lowest BCUT2D eigenvalue weighted by Crippen LogP contribution is -2.41. The van der Waals surface area contributed by atoms with E-state index in [9.17, 15) is 18.0 Å². The summed E-state index contributed by atoms with van der Waals surface area (Å²) in [5.74, 6) is -0.391. The molecule has 1 unspecified atom stereocenters. The van der Waals surface area contributed by atoms with Gasteiger partial charge in [-0.05, 0) is 37.6 Å². The molecule has 1 rings (SSSR count). The highest BCUT2D eigenvalue weighted by molar-refractivity contribution is 5.97. The van der Waals surface area contributed by atoms with Gasteiger partial charge in [-0.15, -0.1) is 0 Å². The molecule has 0 heterocycles. The molecule has 1 atom stereocenters. The quantitative estimate of drug-likeness (QED) is 0.913. The van der Waals surface area contributed by atoms with Crippen molar-refractivity contribution in [2.45, 2.75) is 32.0 Å². The summed E-state index contributed by atoms with van der Waals surface area (Å²) in [6.45, 7) is 3.41. The Kier molecular flexibility index (Phi) is 4.57. The predicted octanol–water partition coefficient (Wildman–Crippen LogP) is 3.46. The van der Waals surface area contributed by atoms with Crippen LogP contribution in [-0.4, -0.2) is 18.6 Å². The Morgan fingerprint density at radius 2 is 1.79 bits per heavy atom. The van der Waals surface area contributed by atoms with Crippen LogP contribution in [0.3, 0.4) is 0 Å². The van der Waals surface area contributed by atoms with E-state index < -0.39 is 23.2 Å². The van der Waals surface area contributed by atoms with E-state index in [1.807, 2.05) is 0 Å². The number of nitrogens with one attached hydrogen (secondary N) is 1. The second-order valence-electron chi connectivity index (χ2n) is 4.32. The van der Waals surface area contributed by atoms with Gasteiger partial charge in [0.15, 0.2) is 0 Å². The van der Waals surface area contributed by atoms with Crippen molar-refractivity contribution in [2.24, 2.45) is 0 Å². The topological polar surface area (TPSA) is 38.3 Å². The molecular formula is C13H16F3NO2. The predicted molar refractivity (Wildman–Crippen MR) is 65.8 cm³/mol. The molecule has 0 aliphatic rings. The lowest BCUT2D eigenvalue weighted by molar-refractivity contribution is -0.137. The van der Waals surface area contributed by atoms with Crippen molar-refractivity contribution in [1.29, 1.82) is 0 Å². The van der Waals surface area contributed by atoms with Crippen molar-refractivity contribution in [1.82, 2.24) is 0 Å². The summed E-state index contributed by atoms with van der Waals surface area (Å²) in [6, 6.07) is 4.27. The van der Waals surface area contributed by atoms with Crippen molar-refractivity contribution in [3.8, 4) is 0 Å². The van der Waals surface area contributed by atoms with E-state index in [1.165, 1.54) is 19.2 Å². The standard InChI is InChI=1S/C13H16F3NO2/c1-4-12(2,19-3)11(18)17-10-7-5-9(6-8-10)13(14,15)16/h5-8H,4H2,1-3H3,(H,17,18). The second-order valence-corrected chi connectivity index (χ2v) is 4.32. The van der Waals surface area contributed by atoms with E-state index in [-0.39, 0.29) is 0 Å². The molecule has 0 fully saturated rings. The number of carbonyl (C=O) groups excluding carboxylic acids is 1. The normalized spacial score (nSPS) is 14.8. The van der Waals surface area contributed by atoms with Gasteiger partial charge in [-0.25, -0.2) is 0 Å². The van der Waals surface area contributed by atoms with E-state index in [4.69, 9.17) is 4.74 Å². The fraction of sp³-hybridized carbons (Fsp3) is 0.462. The number of rotatable bonds is 4. The summed E-state index contributed by atoms with van der Waals surface area (Å²) in [7, 11) is 1.41. The van der Waals surface area contributed by atoms with Crippen molar-refractivity contribution in [3.05, 3.63) is 29.8 Å². The van der Waals surface area contributed by atoms with Gasteiger partial charge in [-0.2, -0.15) is 13.2 Å². The summed E-state index contributed by atoms with van der Waals surface area (Å²) in [4.78, 5) is 11.9. The average Bonchev–Trinajstić information content (AvgIpc) is 2.37. The zero-order valence-corrected chi connectivity index (χ0v) is 11.0. The Bertz CT molecular complexity index is 436. The van der Waals surface area contributed by atoms with E-state index in [0.717, 1.165) is 12.1 Å². The van der Waals surface area contributed by atoms with Gasteiger partial charge < -0.3 is 10.1 Å². The molecule has 0 aromatic heterocycles. The van der Waals surface area contributed by atoms with Crippen molar-refractivity contribution >= 4 is 11.6 Å². The number of methoxy groups -OCH3 is 1. The molecule has 106 valence electrons. The van der Waals surface area contributed by atoms with Crippen molar-refractivity contribution in [2.75, 3.05) is 12.4 Å². The minimum atomic E-state index is -4.38. The lowest BCUT2D eigenvalue weighted by atomic mass is 10.0. The number of amides is 1. The number of halogens is 3. The molecule has 0 radical (unpaired) electrons. The highest BCUT2D eigenvalue weighted by atomic mass is 19.4.